The van der Waals surface area contributed by atoms with Gasteiger partial charge in [-0.3, -0.25) is 4.79 Å². The Bertz CT molecular complexity index is 473. The second-order valence-corrected chi connectivity index (χ2v) is 7.88. The molecule has 6 heteroatoms. The summed E-state index contributed by atoms with van der Waals surface area (Å²) < 4.78 is 6.68. The number of thioether (sulfide) groups is 1. The fraction of sp³-hybridized carbons (Fsp3) is 0.714. The molecule has 20 heavy (non-hydrogen) atoms. The molecule has 0 radical (unpaired) electrons. The Morgan fingerprint density at radius 3 is 3.00 bits per heavy atom. The van der Waals surface area contributed by atoms with Gasteiger partial charge in [0, 0.05) is 30.8 Å². The van der Waals surface area contributed by atoms with Crippen LogP contribution in [-0.2, 0) is 9.53 Å². The molecule has 1 atom stereocenters. The van der Waals surface area contributed by atoms with E-state index < -0.39 is 0 Å². The molecule has 1 aromatic heterocycles. The number of rotatable bonds is 4. The number of carbonyl (C=O) groups is 1. The minimum Gasteiger partial charge on any atom is -0.375 e. The number of nitrogens with zero attached hydrogens (tertiary/aromatic N) is 2. The van der Waals surface area contributed by atoms with Crippen LogP contribution >= 0.6 is 23.1 Å². The lowest BCUT2D eigenvalue weighted by Crippen LogP contribution is -2.47. The predicted molar refractivity (Wildman–Crippen MR) is 83.4 cm³/mol. The molecule has 0 aliphatic carbocycles. The lowest BCUT2D eigenvalue weighted by atomic mass is 9.93. The second kappa shape index (κ2) is 6.45. The first-order chi connectivity index (χ1) is 9.37. The molecule has 1 fully saturated rings. The molecule has 1 saturated heterocycles. The van der Waals surface area contributed by atoms with Crippen LogP contribution in [0.2, 0.25) is 0 Å². The second-order valence-electron chi connectivity index (χ2n) is 5.80. The van der Waals surface area contributed by atoms with Crippen LogP contribution in [0.25, 0.3) is 0 Å². The molecule has 0 saturated carbocycles. The maximum absolute atomic E-state index is 12.3. The average molecular weight is 314 g/mol. The van der Waals surface area contributed by atoms with Gasteiger partial charge in [0.05, 0.1) is 11.4 Å². The van der Waals surface area contributed by atoms with E-state index in [-0.39, 0.29) is 17.6 Å². The van der Waals surface area contributed by atoms with Gasteiger partial charge >= 0.3 is 0 Å². The third kappa shape index (κ3) is 4.20. The van der Waals surface area contributed by atoms with Gasteiger partial charge in [-0.05, 0) is 33.6 Å². The standard InChI is InChI=1S/C14H22N2O2S2/c1-10-8-19-13(15-10)20-9-12(17)16(4)11-5-6-18-14(2,3)7-11/h8,11H,5-7,9H2,1-4H3. The maximum Gasteiger partial charge on any atom is 0.233 e. The number of hydrogen-bond donors (Lipinski definition) is 0. The Morgan fingerprint density at radius 1 is 1.65 bits per heavy atom. The van der Waals surface area contributed by atoms with Crippen LogP contribution in [0, 0.1) is 6.92 Å². The summed E-state index contributed by atoms with van der Waals surface area (Å²) in [6.07, 6.45) is 1.82. The van der Waals surface area contributed by atoms with Crippen LogP contribution < -0.4 is 0 Å². The van der Waals surface area contributed by atoms with E-state index in [1.54, 1.807) is 11.3 Å². The Labute approximate surface area is 128 Å². The fourth-order valence-electron chi connectivity index (χ4n) is 2.36. The Morgan fingerprint density at radius 2 is 2.40 bits per heavy atom. The first-order valence-electron chi connectivity index (χ1n) is 6.82. The van der Waals surface area contributed by atoms with Crippen LogP contribution in [-0.4, -0.2) is 46.8 Å². The highest BCUT2D eigenvalue weighted by atomic mass is 32.2. The highest BCUT2D eigenvalue weighted by Crippen LogP contribution is 2.28. The van der Waals surface area contributed by atoms with Crippen molar-refractivity contribution >= 4 is 29.0 Å². The quantitative estimate of drug-likeness (QED) is 0.801. The Hall–Kier alpha value is -0.590. The summed E-state index contributed by atoms with van der Waals surface area (Å²) in [6, 6.07) is 0.282. The molecule has 2 rings (SSSR count). The van der Waals surface area contributed by atoms with Crippen molar-refractivity contribution in [2.75, 3.05) is 19.4 Å². The molecule has 1 unspecified atom stereocenters. The molecule has 2 heterocycles. The Balaban J connectivity index is 1.85. The maximum atomic E-state index is 12.3. The van der Waals surface area contributed by atoms with Crippen molar-refractivity contribution in [3.63, 3.8) is 0 Å². The molecular weight excluding hydrogens is 292 g/mol. The van der Waals surface area contributed by atoms with Crippen molar-refractivity contribution in [1.82, 2.24) is 9.88 Å². The number of thiazole rings is 1. The summed E-state index contributed by atoms with van der Waals surface area (Å²) in [5.74, 6) is 0.631. The van der Waals surface area contributed by atoms with E-state index in [4.69, 9.17) is 4.74 Å². The number of ether oxygens (including phenoxy) is 1. The van der Waals surface area contributed by atoms with E-state index in [9.17, 15) is 4.79 Å². The molecular formula is C14H22N2O2S2. The van der Waals surface area contributed by atoms with E-state index in [0.29, 0.717) is 5.75 Å². The van der Waals surface area contributed by atoms with Crippen molar-refractivity contribution in [3.8, 4) is 0 Å². The summed E-state index contributed by atoms with van der Waals surface area (Å²) in [5.41, 5.74) is 0.890. The zero-order valence-electron chi connectivity index (χ0n) is 12.5. The van der Waals surface area contributed by atoms with Gasteiger partial charge in [-0.1, -0.05) is 11.8 Å². The largest absolute Gasteiger partial charge is 0.375 e. The minimum atomic E-state index is -0.128. The van der Waals surface area contributed by atoms with Gasteiger partial charge in [0.25, 0.3) is 0 Å². The van der Waals surface area contributed by atoms with E-state index in [2.05, 4.69) is 18.8 Å². The number of aryl methyl sites for hydroxylation is 1. The zero-order chi connectivity index (χ0) is 14.8. The summed E-state index contributed by atoms with van der Waals surface area (Å²) in [6.45, 7) is 6.88. The van der Waals surface area contributed by atoms with Crippen LogP contribution in [0.5, 0.6) is 0 Å². The van der Waals surface area contributed by atoms with Gasteiger partial charge in [0.1, 0.15) is 0 Å². The summed E-state index contributed by atoms with van der Waals surface area (Å²) in [7, 11) is 1.90. The van der Waals surface area contributed by atoms with E-state index >= 15 is 0 Å². The van der Waals surface area contributed by atoms with Crippen LogP contribution in [0.3, 0.4) is 0 Å². The molecule has 1 aliphatic rings. The fourth-order valence-corrected chi connectivity index (χ4v) is 4.13. The third-order valence-electron chi connectivity index (χ3n) is 3.53. The van der Waals surface area contributed by atoms with Crippen molar-refractivity contribution in [3.05, 3.63) is 11.1 Å². The number of aromatic nitrogens is 1. The predicted octanol–water partition coefficient (Wildman–Crippen LogP) is 2.96. The van der Waals surface area contributed by atoms with Gasteiger partial charge in [0.15, 0.2) is 4.34 Å². The first kappa shape index (κ1) is 15.8. The lowest BCUT2D eigenvalue weighted by molar-refractivity contribution is -0.135. The van der Waals surface area contributed by atoms with E-state index in [1.165, 1.54) is 11.8 Å². The van der Waals surface area contributed by atoms with Gasteiger partial charge in [-0.25, -0.2) is 4.98 Å². The van der Waals surface area contributed by atoms with Gasteiger partial charge in [0.2, 0.25) is 5.91 Å². The van der Waals surface area contributed by atoms with Crippen LogP contribution in [0.15, 0.2) is 9.72 Å². The molecule has 0 spiro atoms. The molecule has 0 bridgehead atoms. The molecule has 0 aromatic carbocycles. The number of amides is 1. The van der Waals surface area contributed by atoms with Crippen molar-refractivity contribution in [1.29, 1.82) is 0 Å². The van der Waals surface area contributed by atoms with Crippen LogP contribution in [0.4, 0.5) is 0 Å². The van der Waals surface area contributed by atoms with Gasteiger partial charge < -0.3 is 9.64 Å². The van der Waals surface area contributed by atoms with E-state index in [1.807, 2.05) is 24.3 Å². The molecule has 0 N–H and O–H groups in total. The highest BCUT2D eigenvalue weighted by molar-refractivity contribution is 8.01. The summed E-state index contributed by atoms with van der Waals surface area (Å²) in [5, 5.41) is 2.01. The number of carbonyl (C=O) groups excluding carboxylic acids is 1. The normalized spacial score (nSPS) is 21.7. The average Bonchev–Trinajstić information content (AvgIpc) is 2.79. The SMILES string of the molecule is Cc1csc(SCC(=O)N(C)C2CCOC(C)(C)C2)n1. The van der Waals surface area contributed by atoms with Crippen molar-refractivity contribution in [2.24, 2.45) is 0 Å². The van der Waals surface area contributed by atoms with Crippen molar-refractivity contribution < 1.29 is 9.53 Å². The monoisotopic (exact) mass is 314 g/mol. The molecule has 4 nitrogen and oxygen atoms in total. The van der Waals surface area contributed by atoms with Gasteiger partial charge in [-0.2, -0.15) is 0 Å². The lowest BCUT2D eigenvalue weighted by Gasteiger charge is -2.39. The zero-order valence-corrected chi connectivity index (χ0v) is 14.1. The van der Waals surface area contributed by atoms with Gasteiger partial charge in [-0.15, -0.1) is 11.3 Å². The van der Waals surface area contributed by atoms with E-state index in [0.717, 1.165) is 29.5 Å². The summed E-state index contributed by atoms with van der Waals surface area (Å²) >= 11 is 3.13. The molecule has 1 aliphatic heterocycles. The summed E-state index contributed by atoms with van der Waals surface area (Å²) in [4.78, 5) is 18.5. The number of hydrogen-bond acceptors (Lipinski definition) is 5. The van der Waals surface area contributed by atoms with Crippen molar-refractivity contribution in [2.45, 2.75) is 49.6 Å². The topological polar surface area (TPSA) is 42.4 Å². The smallest absolute Gasteiger partial charge is 0.233 e. The molecule has 112 valence electrons. The highest BCUT2D eigenvalue weighted by Gasteiger charge is 2.32. The molecule has 1 amide bonds. The third-order valence-corrected chi connectivity index (χ3v) is 5.65. The Kier molecular flexibility index (Phi) is 5.09. The van der Waals surface area contributed by atoms with Crippen LogP contribution in [0.1, 0.15) is 32.4 Å². The first-order valence-corrected chi connectivity index (χ1v) is 8.68. The molecule has 1 aromatic rings. The minimum absolute atomic E-state index is 0.128.